The van der Waals surface area contributed by atoms with Crippen LogP contribution in [0.25, 0.3) is 10.2 Å². The Hall–Kier alpha value is -2.04. The third kappa shape index (κ3) is 6.74. The molecule has 1 aliphatic heterocycles. The zero-order valence-corrected chi connectivity index (χ0v) is 20.0. The first-order chi connectivity index (χ1) is 15.5. The summed E-state index contributed by atoms with van der Waals surface area (Å²) in [6, 6.07) is 8.71. The van der Waals surface area contributed by atoms with Crippen LogP contribution in [-0.2, 0) is 9.53 Å². The second-order valence-corrected chi connectivity index (χ2v) is 8.77. The molecule has 1 amide bonds. The smallest absolute Gasteiger partial charge is 0.266 e. The molecule has 2 heterocycles. The quantitative estimate of drug-likeness (QED) is 0.430. The van der Waals surface area contributed by atoms with Gasteiger partial charge in [-0.1, -0.05) is 22.9 Å². The van der Waals surface area contributed by atoms with E-state index in [4.69, 9.17) is 21.1 Å². The van der Waals surface area contributed by atoms with Crippen LogP contribution in [0, 0.1) is 11.6 Å². The second-order valence-electron chi connectivity index (χ2n) is 7.33. The summed E-state index contributed by atoms with van der Waals surface area (Å²) in [5.41, 5.74) is 0.0519. The molecule has 0 unspecified atom stereocenters. The zero-order chi connectivity index (χ0) is 22.5. The largest absolute Gasteiger partial charge is 0.484 e. The lowest BCUT2D eigenvalue weighted by atomic mass is 10.3. The fraction of sp³-hybridized carbons (Fsp3) is 0.364. The van der Waals surface area contributed by atoms with Crippen LogP contribution in [0.3, 0.4) is 0 Å². The third-order valence-corrected chi connectivity index (χ3v) is 6.35. The first kappa shape index (κ1) is 25.6. The van der Waals surface area contributed by atoms with Gasteiger partial charge in [-0.15, -0.1) is 12.4 Å². The Morgan fingerprint density at radius 2 is 1.94 bits per heavy atom. The van der Waals surface area contributed by atoms with Crippen LogP contribution in [0.4, 0.5) is 13.9 Å². The number of carbonyl (C=O) groups is 1. The van der Waals surface area contributed by atoms with E-state index < -0.39 is 11.6 Å². The molecule has 0 bridgehead atoms. The van der Waals surface area contributed by atoms with Crippen molar-refractivity contribution in [3.05, 3.63) is 53.1 Å². The maximum atomic E-state index is 14.2. The minimum absolute atomic E-state index is 0. The van der Waals surface area contributed by atoms with Crippen molar-refractivity contribution in [3.63, 3.8) is 0 Å². The monoisotopic (exact) mass is 517 g/mol. The maximum Gasteiger partial charge on any atom is 0.266 e. The number of ether oxygens (including phenoxy) is 2. The summed E-state index contributed by atoms with van der Waals surface area (Å²) in [7, 11) is 0. The summed E-state index contributed by atoms with van der Waals surface area (Å²) in [6.07, 6.45) is 0.694. The van der Waals surface area contributed by atoms with Crippen LogP contribution in [0.1, 0.15) is 6.42 Å². The van der Waals surface area contributed by atoms with Crippen molar-refractivity contribution in [1.29, 1.82) is 0 Å². The molecule has 0 aliphatic carbocycles. The Morgan fingerprint density at radius 1 is 1.21 bits per heavy atom. The van der Waals surface area contributed by atoms with Gasteiger partial charge in [0.05, 0.1) is 17.9 Å². The van der Waals surface area contributed by atoms with Crippen molar-refractivity contribution in [2.24, 2.45) is 0 Å². The van der Waals surface area contributed by atoms with Crippen LogP contribution in [0.2, 0.25) is 5.02 Å². The number of rotatable bonds is 8. The van der Waals surface area contributed by atoms with E-state index in [-0.39, 0.29) is 30.4 Å². The van der Waals surface area contributed by atoms with Gasteiger partial charge in [-0.25, -0.2) is 13.8 Å². The highest BCUT2D eigenvalue weighted by Crippen LogP contribution is 2.31. The average molecular weight is 518 g/mol. The second kappa shape index (κ2) is 11.9. The van der Waals surface area contributed by atoms with Crippen LogP contribution in [0.15, 0.2) is 36.4 Å². The van der Waals surface area contributed by atoms with E-state index in [1.807, 2.05) is 0 Å². The molecule has 0 saturated carbocycles. The molecule has 4 rings (SSSR count). The summed E-state index contributed by atoms with van der Waals surface area (Å²) in [5, 5.41) is 0.883. The normalized spacial score (nSPS) is 14.2. The number of nitrogens with zero attached hydrogens (tertiary/aromatic N) is 3. The molecule has 0 radical (unpaired) electrons. The number of thiazole rings is 1. The first-order valence-electron chi connectivity index (χ1n) is 10.2. The lowest BCUT2D eigenvalue weighted by Gasteiger charge is -2.27. The number of aromatic nitrogens is 1. The molecule has 1 fully saturated rings. The summed E-state index contributed by atoms with van der Waals surface area (Å²) in [5.74, 6) is -1.24. The minimum Gasteiger partial charge on any atom is -0.484 e. The standard InChI is InChI=1S/C22H22ClF2N3O3S.ClH/c23-15-2-4-17(5-3-15)31-14-20(29)28(7-1-6-27-8-10-30-11-9-27)22-26-21-18(25)12-16(24)13-19(21)32-22;/h2-5,12-13H,1,6-11,14H2;1H. The molecule has 1 saturated heterocycles. The molecule has 0 N–H and O–H groups in total. The highest BCUT2D eigenvalue weighted by molar-refractivity contribution is 7.22. The highest BCUT2D eigenvalue weighted by atomic mass is 35.5. The molecule has 3 aromatic rings. The summed E-state index contributed by atoms with van der Waals surface area (Å²) >= 11 is 6.96. The molecule has 1 aromatic heterocycles. The van der Waals surface area contributed by atoms with Gasteiger partial charge in [-0.3, -0.25) is 14.6 Å². The van der Waals surface area contributed by atoms with Crippen molar-refractivity contribution in [2.45, 2.75) is 6.42 Å². The molecule has 6 nitrogen and oxygen atoms in total. The number of fused-ring (bicyclic) bond motifs is 1. The lowest BCUT2D eigenvalue weighted by Crippen LogP contribution is -2.40. The van der Waals surface area contributed by atoms with Gasteiger partial charge in [0.2, 0.25) is 0 Å². The Kier molecular flexibility index (Phi) is 9.22. The summed E-state index contributed by atoms with van der Waals surface area (Å²) in [4.78, 5) is 21.1. The summed E-state index contributed by atoms with van der Waals surface area (Å²) < 4.78 is 39.1. The maximum absolute atomic E-state index is 14.2. The van der Waals surface area contributed by atoms with Gasteiger partial charge in [0.15, 0.2) is 17.6 Å². The van der Waals surface area contributed by atoms with E-state index in [2.05, 4.69) is 9.88 Å². The fourth-order valence-electron chi connectivity index (χ4n) is 3.42. The van der Waals surface area contributed by atoms with Crippen LogP contribution < -0.4 is 9.64 Å². The zero-order valence-electron chi connectivity index (χ0n) is 17.6. The number of benzene rings is 2. The highest BCUT2D eigenvalue weighted by Gasteiger charge is 2.22. The molecule has 0 spiro atoms. The number of carbonyl (C=O) groups excluding carboxylic acids is 1. The Morgan fingerprint density at radius 3 is 2.67 bits per heavy atom. The number of amides is 1. The van der Waals surface area contributed by atoms with Crippen LogP contribution in [-0.4, -0.2) is 61.8 Å². The van der Waals surface area contributed by atoms with Crippen LogP contribution >= 0.6 is 35.3 Å². The number of morpholine rings is 1. The molecular formula is C22H23Cl2F2N3O3S. The Bertz CT molecular complexity index is 1080. The molecular weight excluding hydrogens is 495 g/mol. The topological polar surface area (TPSA) is 54.9 Å². The Labute approximate surface area is 205 Å². The van der Waals surface area contributed by atoms with E-state index in [0.717, 1.165) is 37.0 Å². The molecule has 11 heteroatoms. The van der Waals surface area contributed by atoms with Gasteiger partial charge in [-0.05, 0) is 36.8 Å². The fourth-order valence-corrected chi connectivity index (χ4v) is 4.59. The van der Waals surface area contributed by atoms with Crippen LogP contribution in [0.5, 0.6) is 5.75 Å². The third-order valence-electron chi connectivity index (χ3n) is 5.07. The number of anilines is 1. The van der Waals surface area contributed by atoms with Crippen molar-refractivity contribution >= 4 is 56.6 Å². The average Bonchev–Trinajstić information content (AvgIpc) is 3.21. The molecule has 1 aliphatic rings. The van der Waals surface area contributed by atoms with Gasteiger partial charge < -0.3 is 9.47 Å². The molecule has 0 atom stereocenters. The SMILES string of the molecule is Cl.O=C(COc1ccc(Cl)cc1)N(CCCN1CCOCC1)c1nc2c(F)cc(F)cc2s1. The van der Waals surface area contributed by atoms with E-state index >= 15 is 0 Å². The van der Waals surface area contributed by atoms with Gasteiger partial charge in [0, 0.05) is 37.3 Å². The lowest BCUT2D eigenvalue weighted by molar-refractivity contribution is -0.120. The number of hydrogen-bond acceptors (Lipinski definition) is 6. The van der Waals surface area contributed by atoms with E-state index in [1.165, 1.54) is 11.0 Å². The van der Waals surface area contributed by atoms with E-state index in [1.54, 1.807) is 24.3 Å². The predicted molar refractivity (Wildman–Crippen MR) is 128 cm³/mol. The van der Waals surface area contributed by atoms with Crippen molar-refractivity contribution in [2.75, 3.05) is 50.9 Å². The van der Waals surface area contributed by atoms with Gasteiger partial charge in [0.1, 0.15) is 17.1 Å². The van der Waals surface area contributed by atoms with E-state index in [0.29, 0.717) is 46.8 Å². The number of hydrogen-bond donors (Lipinski definition) is 0. The van der Waals surface area contributed by atoms with Crippen molar-refractivity contribution in [3.8, 4) is 5.75 Å². The minimum atomic E-state index is -0.749. The van der Waals surface area contributed by atoms with Gasteiger partial charge in [-0.2, -0.15) is 0 Å². The molecule has 178 valence electrons. The Balaban J connectivity index is 0.00000306. The number of halogens is 4. The first-order valence-corrected chi connectivity index (χ1v) is 11.4. The van der Waals surface area contributed by atoms with E-state index in [9.17, 15) is 13.6 Å². The van der Waals surface area contributed by atoms with Crippen molar-refractivity contribution in [1.82, 2.24) is 9.88 Å². The van der Waals surface area contributed by atoms with Gasteiger partial charge >= 0.3 is 0 Å². The predicted octanol–water partition coefficient (Wildman–Crippen LogP) is 4.78. The van der Waals surface area contributed by atoms with Crippen molar-refractivity contribution < 1.29 is 23.0 Å². The molecule has 2 aromatic carbocycles. The summed E-state index contributed by atoms with van der Waals surface area (Å²) in [6.45, 7) is 4.04. The van der Waals surface area contributed by atoms with Gasteiger partial charge in [0.25, 0.3) is 5.91 Å². The molecule has 33 heavy (non-hydrogen) atoms.